The van der Waals surface area contributed by atoms with E-state index in [2.05, 4.69) is 20.2 Å². The standard InChI is InChI=1S/C7H6N4O/c1-5-10-11-7(12-5)6-4-8-2-3-9-6/h2-4H,1H3. The minimum Gasteiger partial charge on any atom is -0.420 e. The maximum atomic E-state index is 5.14. The predicted octanol–water partition coefficient (Wildman–Crippen LogP) is 0.835. The van der Waals surface area contributed by atoms with E-state index in [-0.39, 0.29) is 0 Å². The molecule has 0 N–H and O–H groups in total. The number of aromatic nitrogens is 4. The Morgan fingerprint density at radius 2 is 2.17 bits per heavy atom. The molecule has 0 aliphatic rings. The fourth-order valence-corrected chi connectivity index (χ4v) is 0.810. The average molecular weight is 162 g/mol. The number of hydrogen-bond donors (Lipinski definition) is 0. The van der Waals surface area contributed by atoms with Crippen molar-refractivity contribution in [1.29, 1.82) is 0 Å². The van der Waals surface area contributed by atoms with Crippen molar-refractivity contribution in [3.63, 3.8) is 0 Å². The molecule has 0 aliphatic heterocycles. The molecule has 2 aromatic rings. The van der Waals surface area contributed by atoms with Crippen LogP contribution in [0.25, 0.3) is 11.6 Å². The van der Waals surface area contributed by atoms with Crippen LogP contribution >= 0.6 is 0 Å². The van der Waals surface area contributed by atoms with Crippen molar-refractivity contribution in [3.8, 4) is 11.6 Å². The summed E-state index contributed by atoms with van der Waals surface area (Å²) in [6, 6.07) is 0. The van der Waals surface area contributed by atoms with Crippen LogP contribution in [0.4, 0.5) is 0 Å². The van der Waals surface area contributed by atoms with Gasteiger partial charge in [0.2, 0.25) is 5.89 Å². The Morgan fingerprint density at radius 1 is 1.25 bits per heavy atom. The summed E-state index contributed by atoms with van der Waals surface area (Å²) in [6.07, 6.45) is 4.74. The maximum absolute atomic E-state index is 5.14. The zero-order valence-electron chi connectivity index (χ0n) is 6.43. The van der Waals surface area contributed by atoms with Gasteiger partial charge < -0.3 is 4.42 Å². The second-order valence-electron chi connectivity index (χ2n) is 2.22. The number of nitrogens with zero attached hydrogens (tertiary/aromatic N) is 4. The highest BCUT2D eigenvalue weighted by molar-refractivity contribution is 5.42. The molecule has 0 amide bonds. The summed E-state index contributed by atoms with van der Waals surface area (Å²) in [5.41, 5.74) is 0.595. The van der Waals surface area contributed by atoms with Crippen molar-refractivity contribution >= 4 is 0 Å². The molecule has 0 radical (unpaired) electrons. The summed E-state index contributed by atoms with van der Waals surface area (Å²) in [6.45, 7) is 1.73. The second kappa shape index (κ2) is 2.69. The van der Waals surface area contributed by atoms with Gasteiger partial charge in [0.15, 0.2) is 0 Å². The zero-order valence-corrected chi connectivity index (χ0v) is 6.43. The predicted molar refractivity (Wildman–Crippen MR) is 40.1 cm³/mol. The van der Waals surface area contributed by atoms with Crippen LogP contribution in [0.5, 0.6) is 0 Å². The Morgan fingerprint density at radius 3 is 2.75 bits per heavy atom. The van der Waals surface area contributed by atoms with Crippen LogP contribution in [0.3, 0.4) is 0 Å². The topological polar surface area (TPSA) is 64.7 Å². The molecule has 0 atom stereocenters. The van der Waals surface area contributed by atoms with Crippen LogP contribution in [0.1, 0.15) is 5.89 Å². The summed E-state index contributed by atoms with van der Waals surface area (Å²) < 4.78 is 5.14. The molecule has 0 spiro atoms. The zero-order chi connectivity index (χ0) is 8.39. The van der Waals surface area contributed by atoms with E-state index in [1.165, 1.54) is 0 Å². The molecule has 12 heavy (non-hydrogen) atoms. The molecular weight excluding hydrogens is 156 g/mol. The molecule has 0 aromatic carbocycles. The van der Waals surface area contributed by atoms with E-state index >= 15 is 0 Å². The molecule has 0 aliphatic carbocycles. The minimum absolute atomic E-state index is 0.403. The first kappa shape index (κ1) is 6.90. The summed E-state index contributed by atoms with van der Waals surface area (Å²) >= 11 is 0. The lowest BCUT2D eigenvalue weighted by Crippen LogP contribution is -1.83. The molecular formula is C7H6N4O. The highest BCUT2D eigenvalue weighted by Crippen LogP contribution is 2.11. The summed E-state index contributed by atoms with van der Waals surface area (Å²) in [4.78, 5) is 7.88. The van der Waals surface area contributed by atoms with Gasteiger partial charge in [0.25, 0.3) is 5.89 Å². The lowest BCUT2D eigenvalue weighted by molar-refractivity contribution is 0.530. The van der Waals surface area contributed by atoms with Crippen LogP contribution in [-0.4, -0.2) is 20.2 Å². The minimum atomic E-state index is 0.403. The van der Waals surface area contributed by atoms with Crippen molar-refractivity contribution < 1.29 is 4.42 Å². The van der Waals surface area contributed by atoms with Gasteiger partial charge in [0.05, 0.1) is 6.20 Å². The van der Waals surface area contributed by atoms with Crippen molar-refractivity contribution in [1.82, 2.24) is 20.2 Å². The van der Waals surface area contributed by atoms with Crippen LogP contribution in [0, 0.1) is 6.92 Å². The third-order valence-electron chi connectivity index (χ3n) is 1.31. The molecule has 0 saturated carbocycles. The Kier molecular flexibility index (Phi) is 1.55. The second-order valence-corrected chi connectivity index (χ2v) is 2.22. The number of hydrogen-bond acceptors (Lipinski definition) is 5. The fraction of sp³-hybridized carbons (Fsp3) is 0.143. The van der Waals surface area contributed by atoms with Gasteiger partial charge in [-0.25, -0.2) is 4.98 Å². The molecule has 5 heteroatoms. The van der Waals surface area contributed by atoms with Gasteiger partial charge in [-0.15, -0.1) is 10.2 Å². The van der Waals surface area contributed by atoms with E-state index in [4.69, 9.17) is 4.42 Å². The Hall–Kier alpha value is -1.78. The van der Waals surface area contributed by atoms with E-state index in [0.717, 1.165) is 0 Å². The van der Waals surface area contributed by atoms with Crippen molar-refractivity contribution in [2.75, 3.05) is 0 Å². The van der Waals surface area contributed by atoms with Gasteiger partial charge in [-0.2, -0.15) is 0 Å². The lowest BCUT2D eigenvalue weighted by Gasteiger charge is -1.88. The molecule has 0 saturated heterocycles. The third-order valence-corrected chi connectivity index (χ3v) is 1.31. The fourth-order valence-electron chi connectivity index (χ4n) is 0.810. The number of rotatable bonds is 1. The van der Waals surface area contributed by atoms with E-state index in [9.17, 15) is 0 Å². The SMILES string of the molecule is Cc1nnc(-c2cnccn2)o1. The average Bonchev–Trinajstić information content (AvgIpc) is 2.54. The molecule has 2 aromatic heterocycles. The van der Waals surface area contributed by atoms with E-state index in [1.807, 2.05) is 0 Å². The summed E-state index contributed by atoms with van der Waals surface area (Å²) in [5, 5.41) is 7.48. The van der Waals surface area contributed by atoms with Crippen molar-refractivity contribution in [3.05, 3.63) is 24.5 Å². The van der Waals surface area contributed by atoms with Crippen LogP contribution in [-0.2, 0) is 0 Å². The largest absolute Gasteiger partial charge is 0.420 e. The normalized spacial score (nSPS) is 10.1. The van der Waals surface area contributed by atoms with Crippen LogP contribution < -0.4 is 0 Å². The Labute approximate surface area is 68.5 Å². The molecule has 60 valence electrons. The van der Waals surface area contributed by atoms with Crippen molar-refractivity contribution in [2.45, 2.75) is 6.92 Å². The smallest absolute Gasteiger partial charge is 0.267 e. The van der Waals surface area contributed by atoms with Gasteiger partial charge in [0, 0.05) is 19.3 Å². The van der Waals surface area contributed by atoms with Crippen molar-refractivity contribution in [2.24, 2.45) is 0 Å². The Balaban J connectivity index is 2.45. The monoisotopic (exact) mass is 162 g/mol. The van der Waals surface area contributed by atoms with E-state index in [0.29, 0.717) is 17.5 Å². The summed E-state index contributed by atoms with van der Waals surface area (Å²) in [5.74, 6) is 0.927. The molecule has 2 heterocycles. The van der Waals surface area contributed by atoms with Crippen LogP contribution in [0.2, 0.25) is 0 Å². The van der Waals surface area contributed by atoms with Crippen LogP contribution in [0.15, 0.2) is 23.0 Å². The van der Waals surface area contributed by atoms with Gasteiger partial charge in [-0.05, 0) is 0 Å². The van der Waals surface area contributed by atoms with Gasteiger partial charge in [-0.3, -0.25) is 4.98 Å². The van der Waals surface area contributed by atoms with Gasteiger partial charge in [-0.1, -0.05) is 0 Å². The quantitative estimate of drug-likeness (QED) is 0.621. The third kappa shape index (κ3) is 1.16. The molecule has 5 nitrogen and oxygen atoms in total. The number of aryl methyl sites for hydroxylation is 1. The van der Waals surface area contributed by atoms with Gasteiger partial charge in [0.1, 0.15) is 5.69 Å². The first-order valence-corrected chi connectivity index (χ1v) is 3.43. The highest BCUT2D eigenvalue weighted by atomic mass is 16.4. The first-order valence-electron chi connectivity index (χ1n) is 3.43. The molecule has 0 unspecified atom stereocenters. The van der Waals surface area contributed by atoms with E-state index < -0.39 is 0 Å². The Bertz CT molecular complexity index is 370. The molecule has 0 bridgehead atoms. The van der Waals surface area contributed by atoms with Gasteiger partial charge >= 0.3 is 0 Å². The molecule has 0 fully saturated rings. The van der Waals surface area contributed by atoms with E-state index in [1.54, 1.807) is 25.5 Å². The highest BCUT2D eigenvalue weighted by Gasteiger charge is 2.05. The maximum Gasteiger partial charge on any atom is 0.267 e. The molecule has 2 rings (SSSR count). The first-order chi connectivity index (χ1) is 5.86. The lowest BCUT2D eigenvalue weighted by atomic mass is 10.4. The summed E-state index contributed by atoms with van der Waals surface area (Å²) in [7, 11) is 0.